The number of anilines is 1. The molecule has 152 valence electrons. The maximum absolute atomic E-state index is 12.8. The summed E-state index contributed by atoms with van der Waals surface area (Å²) in [7, 11) is 1.37. The van der Waals surface area contributed by atoms with Crippen molar-refractivity contribution in [2.24, 2.45) is 18.9 Å². The molecule has 3 fully saturated rings. The Morgan fingerprint density at radius 2 is 1.83 bits per heavy atom. The van der Waals surface area contributed by atoms with Crippen molar-refractivity contribution in [1.29, 1.82) is 0 Å². The van der Waals surface area contributed by atoms with Gasteiger partial charge in [0.1, 0.15) is 17.7 Å². The number of nitrogens with zero attached hydrogens (tertiary/aromatic N) is 5. The molecule has 1 aliphatic carbocycles. The highest BCUT2D eigenvalue weighted by atomic mass is 16.2. The molecule has 9 nitrogen and oxygen atoms in total. The van der Waals surface area contributed by atoms with Gasteiger partial charge in [-0.3, -0.25) is 14.2 Å². The van der Waals surface area contributed by atoms with Crippen molar-refractivity contribution in [2.45, 2.75) is 25.2 Å². The summed E-state index contributed by atoms with van der Waals surface area (Å²) in [6.45, 7) is 2.92. The minimum absolute atomic E-state index is 0.0184. The number of hydrogen-bond acceptors (Lipinski definition) is 6. The molecule has 2 aromatic heterocycles. The van der Waals surface area contributed by atoms with Crippen molar-refractivity contribution in [3.05, 3.63) is 50.7 Å². The summed E-state index contributed by atoms with van der Waals surface area (Å²) in [5, 5.41) is 0. The summed E-state index contributed by atoms with van der Waals surface area (Å²) < 4.78 is 0.931. The lowest BCUT2D eigenvalue weighted by atomic mass is 9.83. The maximum Gasteiger partial charge on any atom is 0.328 e. The molecule has 4 heterocycles. The molecule has 0 bridgehead atoms. The minimum atomic E-state index is -0.554. The molecule has 1 saturated carbocycles. The van der Waals surface area contributed by atoms with Crippen molar-refractivity contribution in [2.75, 3.05) is 31.1 Å². The van der Waals surface area contributed by atoms with E-state index in [0.29, 0.717) is 30.8 Å². The van der Waals surface area contributed by atoms with Crippen LogP contribution in [0.4, 0.5) is 5.82 Å². The average molecular weight is 396 g/mol. The van der Waals surface area contributed by atoms with E-state index in [1.165, 1.54) is 32.5 Å². The summed E-state index contributed by atoms with van der Waals surface area (Å²) in [5.41, 5.74) is 0.0856. The number of carbonyl (C=O) groups excluding carboxylic acids is 1. The zero-order valence-electron chi connectivity index (χ0n) is 16.4. The van der Waals surface area contributed by atoms with Gasteiger partial charge in [0.2, 0.25) is 0 Å². The second-order valence-corrected chi connectivity index (χ2v) is 8.44. The molecule has 2 aromatic rings. The van der Waals surface area contributed by atoms with Crippen LogP contribution >= 0.6 is 0 Å². The van der Waals surface area contributed by atoms with Crippen LogP contribution in [0.1, 0.15) is 41.2 Å². The molecule has 2 saturated heterocycles. The molecule has 9 heteroatoms. The first kappa shape index (κ1) is 18.1. The standard InChI is InChI=1S/C20H24N6O3/c1-24-18(27)15(6-21-20(24)29)19(28)26-9-13-7-25(8-14(13)10-26)17-5-16(22-11-23-17)12-3-2-4-12/h5-6,11-14H,2-4,7-10H2,1H3,(H,21,29). The second kappa shape index (κ2) is 6.82. The van der Waals surface area contributed by atoms with Gasteiger partial charge >= 0.3 is 5.69 Å². The lowest BCUT2D eigenvalue weighted by Crippen LogP contribution is -2.41. The summed E-state index contributed by atoms with van der Waals surface area (Å²) in [6.07, 6.45) is 6.60. The Labute approximate surface area is 167 Å². The summed E-state index contributed by atoms with van der Waals surface area (Å²) in [5.74, 6) is 1.95. The molecule has 1 N–H and O–H groups in total. The molecular formula is C20H24N6O3. The molecule has 1 amide bonds. The molecule has 0 aromatic carbocycles. The SMILES string of the molecule is Cn1c(=O)[nH]cc(C(=O)N2CC3CN(c4cc(C5CCC5)ncn4)CC3C2)c1=O. The van der Waals surface area contributed by atoms with E-state index in [0.717, 1.165) is 29.2 Å². The van der Waals surface area contributed by atoms with Crippen molar-refractivity contribution in [1.82, 2.24) is 24.4 Å². The minimum Gasteiger partial charge on any atom is -0.356 e. The Bertz CT molecular complexity index is 1060. The zero-order valence-corrected chi connectivity index (χ0v) is 16.4. The molecule has 2 aliphatic heterocycles. The van der Waals surface area contributed by atoms with Crippen molar-refractivity contribution >= 4 is 11.7 Å². The van der Waals surface area contributed by atoms with E-state index in [1.54, 1.807) is 11.2 Å². The fraction of sp³-hybridized carbons (Fsp3) is 0.550. The quantitative estimate of drug-likeness (QED) is 0.802. The number of likely N-dealkylation sites (tertiary alicyclic amines) is 1. The third-order valence-electron chi connectivity index (χ3n) is 6.70. The van der Waals surface area contributed by atoms with Gasteiger partial charge in [-0.2, -0.15) is 0 Å². The molecule has 0 spiro atoms. The summed E-state index contributed by atoms with van der Waals surface area (Å²) in [6, 6.07) is 2.12. The molecule has 29 heavy (non-hydrogen) atoms. The van der Waals surface area contributed by atoms with Crippen LogP contribution in [0, 0.1) is 11.8 Å². The number of amides is 1. The van der Waals surface area contributed by atoms with Crippen molar-refractivity contribution < 1.29 is 4.79 Å². The molecule has 3 aliphatic rings. The highest BCUT2D eigenvalue weighted by Gasteiger charge is 2.42. The molecule has 5 rings (SSSR count). The maximum atomic E-state index is 12.8. The first-order valence-electron chi connectivity index (χ1n) is 10.2. The zero-order chi connectivity index (χ0) is 20.1. The van der Waals surface area contributed by atoms with Gasteiger partial charge in [0.25, 0.3) is 11.5 Å². The lowest BCUT2D eigenvalue weighted by Gasteiger charge is -2.26. The fourth-order valence-electron chi connectivity index (χ4n) is 4.70. The van der Waals surface area contributed by atoms with Gasteiger partial charge in [0.15, 0.2) is 0 Å². The van der Waals surface area contributed by atoms with Gasteiger partial charge in [-0.1, -0.05) is 6.42 Å². The Morgan fingerprint density at radius 1 is 1.10 bits per heavy atom. The average Bonchev–Trinajstić information content (AvgIpc) is 3.24. The Kier molecular flexibility index (Phi) is 4.25. The largest absolute Gasteiger partial charge is 0.356 e. The normalized spacial score (nSPS) is 23.9. The Balaban J connectivity index is 1.28. The highest BCUT2D eigenvalue weighted by molar-refractivity contribution is 5.93. The van der Waals surface area contributed by atoms with Gasteiger partial charge in [0.05, 0.1) is 0 Å². The topological polar surface area (TPSA) is 104 Å². The fourth-order valence-corrected chi connectivity index (χ4v) is 4.70. The van der Waals surface area contributed by atoms with Crippen molar-refractivity contribution in [3.8, 4) is 0 Å². The Morgan fingerprint density at radius 3 is 2.48 bits per heavy atom. The van der Waals surface area contributed by atoms with E-state index >= 15 is 0 Å². The number of H-pyrrole nitrogens is 1. The smallest absolute Gasteiger partial charge is 0.328 e. The molecule has 2 unspecified atom stereocenters. The van der Waals surface area contributed by atoms with Crippen LogP contribution in [-0.2, 0) is 7.05 Å². The van der Waals surface area contributed by atoms with E-state index in [4.69, 9.17) is 0 Å². The van der Waals surface area contributed by atoms with E-state index < -0.39 is 11.2 Å². The summed E-state index contributed by atoms with van der Waals surface area (Å²) in [4.78, 5) is 52.0. The monoisotopic (exact) mass is 396 g/mol. The van der Waals surface area contributed by atoms with Gasteiger partial charge in [0, 0.05) is 68.9 Å². The molecule has 0 radical (unpaired) electrons. The van der Waals surface area contributed by atoms with Crippen LogP contribution in [0.3, 0.4) is 0 Å². The number of nitrogens with one attached hydrogen (secondary N) is 1. The first-order valence-corrected chi connectivity index (χ1v) is 10.2. The van der Waals surface area contributed by atoms with E-state index in [-0.39, 0.29) is 11.5 Å². The predicted molar refractivity (Wildman–Crippen MR) is 106 cm³/mol. The Hall–Kier alpha value is -2.97. The van der Waals surface area contributed by atoms with E-state index in [9.17, 15) is 14.4 Å². The first-order chi connectivity index (χ1) is 14.0. The van der Waals surface area contributed by atoms with Gasteiger partial charge in [-0.25, -0.2) is 14.8 Å². The second-order valence-electron chi connectivity index (χ2n) is 8.44. The number of carbonyl (C=O) groups is 1. The van der Waals surface area contributed by atoms with Crippen LogP contribution < -0.4 is 16.1 Å². The third-order valence-corrected chi connectivity index (χ3v) is 6.70. The number of aromatic nitrogens is 4. The van der Waals surface area contributed by atoms with Crippen LogP contribution in [0.15, 0.2) is 28.2 Å². The van der Waals surface area contributed by atoms with E-state index in [1.807, 2.05) is 0 Å². The van der Waals surface area contributed by atoms with Gasteiger partial charge in [-0.05, 0) is 12.8 Å². The molecule has 2 atom stereocenters. The predicted octanol–water partition coefficient (Wildman–Crippen LogP) is 0.339. The van der Waals surface area contributed by atoms with Gasteiger partial charge < -0.3 is 14.8 Å². The number of fused-ring (bicyclic) bond motifs is 1. The number of hydrogen-bond donors (Lipinski definition) is 1. The van der Waals surface area contributed by atoms with Crippen LogP contribution in [0.5, 0.6) is 0 Å². The third kappa shape index (κ3) is 3.04. The summed E-state index contributed by atoms with van der Waals surface area (Å²) >= 11 is 0. The van der Waals surface area contributed by atoms with Crippen LogP contribution in [-0.4, -0.2) is 56.5 Å². The van der Waals surface area contributed by atoms with E-state index in [2.05, 4.69) is 25.9 Å². The van der Waals surface area contributed by atoms with Crippen LogP contribution in [0.2, 0.25) is 0 Å². The number of rotatable bonds is 3. The highest BCUT2D eigenvalue weighted by Crippen LogP contribution is 2.37. The van der Waals surface area contributed by atoms with Gasteiger partial charge in [-0.15, -0.1) is 0 Å². The van der Waals surface area contributed by atoms with Crippen molar-refractivity contribution in [3.63, 3.8) is 0 Å². The lowest BCUT2D eigenvalue weighted by molar-refractivity contribution is 0.0779. The van der Waals surface area contributed by atoms with Crippen LogP contribution in [0.25, 0.3) is 0 Å². The number of aromatic amines is 1. The molecular weight excluding hydrogens is 372 g/mol.